The van der Waals surface area contributed by atoms with E-state index >= 15 is 0 Å². The molecule has 0 fully saturated rings. The molecule has 8 heteroatoms. The topological polar surface area (TPSA) is 84.2 Å². The van der Waals surface area contributed by atoms with Gasteiger partial charge < -0.3 is 10.6 Å². The number of aryl methyl sites for hydroxylation is 3. The van der Waals surface area contributed by atoms with Crippen molar-refractivity contribution in [2.24, 2.45) is 0 Å². The number of rotatable bonds is 4. The molecule has 0 bridgehead atoms. The van der Waals surface area contributed by atoms with E-state index in [9.17, 15) is 4.79 Å². The van der Waals surface area contributed by atoms with Gasteiger partial charge in [0.1, 0.15) is 6.33 Å². The van der Waals surface area contributed by atoms with Crippen LogP contribution in [0.2, 0.25) is 0 Å². The third-order valence-corrected chi connectivity index (χ3v) is 5.38. The Morgan fingerprint density at radius 1 is 1.42 bits per heavy atom. The zero-order valence-corrected chi connectivity index (χ0v) is 14.2. The Balaban J connectivity index is 1.36. The normalized spacial score (nSPS) is 13.2. The van der Waals surface area contributed by atoms with Crippen LogP contribution in [-0.2, 0) is 19.3 Å². The van der Waals surface area contributed by atoms with Crippen LogP contribution in [0.1, 0.15) is 27.6 Å². The Labute approximate surface area is 143 Å². The van der Waals surface area contributed by atoms with Gasteiger partial charge in [-0.25, -0.2) is 19.3 Å². The second kappa shape index (κ2) is 6.20. The predicted octanol–water partition coefficient (Wildman–Crippen LogP) is 2.35. The number of thiazole rings is 1. The summed E-state index contributed by atoms with van der Waals surface area (Å²) in [5, 5.41) is 10.9. The van der Waals surface area contributed by atoms with Gasteiger partial charge in [0.15, 0.2) is 5.65 Å². The molecule has 3 aromatic heterocycles. The monoisotopic (exact) mass is 342 g/mol. The van der Waals surface area contributed by atoms with Crippen LogP contribution in [0.5, 0.6) is 0 Å². The lowest BCUT2D eigenvalue weighted by atomic mass is 10.2. The van der Waals surface area contributed by atoms with E-state index in [0.717, 1.165) is 29.8 Å². The number of pyridine rings is 1. The van der Waals surface area contributed by atoms with Crippen LogP contribution < -0.4 is 10.6 Å². The summed E-state index contributed by atoms with van der Waals surface area (Å²) in [6.07, 6.45) is 7.54. The number of carbonyl (C=O) groups is 1. The van der Waals surface area contributed by atoms with Crippen molar-refractivity contribution in [3.63, 3.8) is 0 Å². The molecule has 0 saturated carbocycles. The molecule has 0 aliphatic heterocycles. The molecule has 3 aromatic rings. The highest BCUT2D eigenvalue weighted by molar-refractivity contribution is 7.11. The summed E-state index contributed by atoms with van der Waals surface area (Å²) in [6, 6.07) is 1.66. The fraction of sp³-hybridized carbons (Fsp3) is 0.375. The Bertz CT molecular complexity index is 878. The van der Waals surface area contributed by atoms with E-state index in [1.807, 2.05) is 19.2 Å². The minimum Gasteiger partial charge on any atom is -0.337 e. The maximum absolute atomic E-state index is 12.2. The molecule has 7 nitrogen and oxygen atoms in total. The van der Waals surface area contributed by atoms with Gasteiger partial charge in [0.25, 0.3) is 0 Å². The number of aromatic nitrogens is 4. The maximum Gasteiger partial charge on any atom is 0.319 e. The summed E-state index contributed by atoms with van der Waals surface area (Å²) in [7, 11) is 0. The van der Waals surface area contributed by atoms with Crippen LogP contribution in [-0.4, -0.2) is 32.2 Å². The van der Waals surface area contributed by atoms with Gasteiger partial charge in [0, 0.05) is 24.0 Å². The maximum atomic E-state index is 12.2. The molecule has 0 radical (unpaired) electrons. The molecule has 2 N–H and O–H groups in total. The third-order valence-electron chi connectivity index (χ3n) is 4.16. The second-order valence-corrected chi connectivity index (χ2v) is 7.03. The molecule has 2 amide bonds. The number of carbonyl (C=O) groups excluding carboxylic acids is 1. The van der Waals surface area contributed by atoms with E-state index < -0.39 is 0 Å². The van der Waals surface area contributed by atoms with Gasteiger partial charge in [0.2, 0.25) is 0 Å². The number of nitrogens with one attached hydrogen (secondary N) is 2. The predicted molar refractivity (Wildman–Crippen MR) is 92.6 cm³/mol. The molecule has 0 spiro atoms. The molecular formula is C16H18N6OS. The second-order valence-electron chi connectivity index (χ2n) is 5.86. The van der Waals surface area contributed by atoms with Crippen molar-refractivity contribution >= 4 is 28.7 Å². The van der Waals surface area contributed by atoms with Crippen LogP contribution in [0.3, 0.4) is 0 Å². The lowest BCUT2D eigenvalue weighted by molar-refractivity contribution is 0.252. The first-order chi connectivity index (χ1) is 11.7. The van der Waals surface area contributed by atoms with Gasteiger partial charge in [-0.1, -0.05) is 0 Å². The first-order valence-corrected chi connectivity index (χ1v) is 8.83. The van der Waals surface area contributed by atoms with Gasteiger partial charge >= 0.3 is 6.03 Å². The molecule has 4 rings (SSSR count). The van der Waals surface area contributed by atoms with Crippen molar-refractivity contribution in [1.29, 1.82) is 0 Å². The Morgan fingerprint density at radius 3 is 3.21 bits per heavy atom. The van der Waals surface area contributed by atoms with Gasteiger partial charge in [-0.3, -0.25) is 0 Å². The van der Waals surface area contributed by atoms with Gasteiger partial charge in [-0.15, -0.1) is 11.3 Å². The average molecular weight is 342 g/mol. The van der Waals surface area contributed by atoms with Gasteiger partial charge in [-0.05, 0) is 37.8 Å². The average Bonchev–Trinajstić information content (AvgIpc) is 3.25. The van der Waals surface area contributed by atoms with E-state index in [2.05, 4.69) is 25.7 Å². The summed E-state index contributed by atoms with van der Waals surface area (Å²) in [5.74, 6) is 0. The summed E-state index contributed by atoms with van der Waals surface area (Å²) < 4.78 is 1.64. The van der Waals surface area contributed by atoms with Crippen molar-refractivity contribution in [3.8, 4) is 0 Å². The molecule has 1 aliphatic rings. The fourth-order valence-corrected chi connectivity index (χ4v) is 4.08. The molecule has 24 heavy (non-hydrogen) atoms. The van der Waals surface area contributed by atoms with Crippen LogP contribution in [0.4, 0.5) is 10.5 Å². The molecule has 3 heterocycles. The number of nitrogens with zero attached hydrogens (tertiary/aromatic N) is 4. The lowest BCUT2D eigenvalue weighted by Crippen LogP contribution is -2.31. The molecule has 0 aromatic carbocycles. The first kappa shape index (κ1) is 15.1. The van der Waals surface area contributed by atoms with Crippen LogP contribution in [0, 0.1) is 6.92 Å². The molecule has 0 saturated heterocycles. The van der Waals surface area contributed by atoms with Gasteiger partial charge in [0.05, 0.1) is 16.4 Å². The highest BCUT2D eigenvalue weighted by atomic mass is 32.1. The van der Waals surface area contributed by atoms with E-state index in [-0.39, 0.29) is 6.03 Å². The van der Waals surface area contributed by atoms with Crippen molar-refractivity contribution < 1.29 is 4.79 Å². The number of hydrogen-bond donors (Lipinski definition) is 2. The fourth-order valence-electron chi connectivity index (χ4n) is 2.93. The van der Waals surface area contributed by atoms with E-state index in [4.69, 9.17) is 0 Å². The summed E-state index contributed by atoms with van der Waals surface area (Å²) in [5.41, 5.74) is 3.53. The van der Waals surface area contributed by atoms with Crippen LogP contribution in [0.15, 0.2) is 18.6 Å². The van der Waals surface area contributed by atoms with E-state index in [0.29, 0.717) is 17.9 Å². The third kappa shape index (κ3) is 2.84. The molecule has 0 unspecified atom stereocenters. The summed E-state index contributed by atoms with van der Waals surface area (Å²) in [6.45, 7) is 2.49. The zero-order valence-electron chi connectivity index (χ0n) is 13.4. The minimum atomic E-state index is -0.238. The van der Waals surface area contributed by atoms with E-state index in [1.165, 1.54) is 23.3 Å². The van der Waals surface area contributed by atoms with Crippen molar-refractivity contribution in [2.45, 2.75) is 32.6 Å². The van der Waals surface area contributed by atoms with Crippen molar-refractivity contribution in [2.75, 3.05) is 11.9 Å². The molecule has 124 valence electrons. The highest BCUT2D eigenvalue weighted by Crippen LogP contribution is 2.27. The zero-order chi connectivity index (χ0) is 16.5. The first-order valence-electron chi connectivity index (χ1n) is 8.02. The standard InChI is InChI=1S/C16H18N6OS/c1-10-6-8-22-15(18-9-19-22)14(10)21-16(23)17-7-5-13-20-11-3-2-4-12(11)24-13/h6,8-9H,2-5,7H2,1H3,(H2,17,21,23). The number of fused-ring (bicyclic) bond motifs is 2. The Morgan fingerprint density at radius 2 is 2.33 bits per heavy atom. The number of anilines is 1. The van der Waals surface area contributed by atoms with E-state index in [1.54, 1.807) is 15.9 Å². The summed E-state index contributed by atoms with van der Waals surface area (Å²) in [4.78, 5) is 22.4. The molecule has 1 aliphatic carbocycles. The minimum absolute atomic E-state index is 0.238. The Hall–Kier alpha value is -2.48. The molecular weight excluding hydrogens is 324 g/mol. The summed E-state index contributed by atoms with van der Waals surface area (Å²) >= 11 is 1.78. The molecule has 0 atom stereocenters. The smallest absolute Gasteiger partial charge is 0.319 e. The van der Waals surface area contributed by atoms with Crippen LogP contribution in [0.25, 0.3) is 5.65 Å². The Kier molecular flexibility index (Phi) is 3.89. The largest absolute Gasteiger partial charge is 0.337 e. The van der Waals surface area contributed by atoms with Crippen LogP contribution >= 0.6 is 11.3 Å². The lowest BCUT2D eigenvalue weighted by Gasteiger charge is -2.10. The highest BCUT2D eigenvalue weighted by Gasteiger charge is 2.16. The quantitative estimate of drug-likeness (QED) is 0.762. The number of urea groups is 1. The number of amides is 2. The number of hydrogen-bond acceptors (Lipinski definition) is 5. The van der Waals surface area contributed by atoms with Crippen molar-refractivity contribution in [3.05, 3.63) is 39.7 Å². The SMILES string of the molecule is Cc1ccn2ncnc2c1NC(=O)NCCc1nc2c(s1)CCC2. The van der Waals surface area contributed by atoms with Gasteiger partial charge in [-0.2, -0.15) is 5.10 Å². The van der Waals surface area contributed by atoms with Crippen molar-refractivity contribution in [1.82, 2.24) is 24.9 Å².